The molecule has 0 aliphatic heterocycles. The third-order valence-corrected chi connectivity index (χ3v) is 3.43. The van der Waals surface area contributed by atoms with Gasteiger partial charge in [0.15, 0.2) is 0 Å². The molecular formula is C17H17N3O. The Kier molecular flexibility index (Phi) is 3.71. The van der Waals surface area contributed by atoms with Gasteiger partial charge in [0.1, 0.15) is 11.6 Å². The minimum atomic E-state index is 0.546. The van der Waals surface area contributed by atoms with Crippen LogP contribution in [0.15, 0.2) is 54.7 Å². The summed E-state index contributed by atoms with van der Waals surface area (Å²) in [5, 5.41) is 5.49. The number of methoxy groups -OCH3 is 1. The number of hydrogen-bond donors (Lipinski definition) is 2. The zero-order valence-corrected chi connectivity index (χ0v) is 11.8. The van der Waals surface area contributed by atoms with Crippen LogP contribution in [-0.2, 0) is 6.54 Å². The molecule has 0 bridgehead atoms. The number of ether oxygens (including phenoxy) is 1. The summed E-state index contributed by atoms with van der Waals surface area (Å²) in [6, 6.07) is 16.0. The minimum absolute atomic E-state index is 0.546. The second kappa shape index (κ2) is 5.81. The van der Waals surface area contributed by atoms with E-state index in [0.717, 1.165) is 33.6 Å². The van der Waals surface area contributed by atoms with Crippen molar-refractivity contribution in [3.63, 3.8) is 0 Å². The Morgan fingerprint density at radius 2 is 1.90 bits per heavy atom. The number of benzene rings is 2. The molecule has 0 aliphatic rings. The maximum Gasteiger partial charge on any atom is 0.138 e. The summed E-state index contributed by atoms with van der Waals surface area (Å²) in [6.07, 6.45) is 1.80. The van der Waals surface area contributed by atoms with E-state index in [2.05, 4.69) is 10.3 Å². The Hall–Kier alpha value is -2.59. The van der Waals surface area contributed by atoms with Crippen molar-refractivity contribution >= 4 is 22.3 Å². The van der Waals surface area contributed by atoms with Crippen molar-refractivity contribution < 1.29 is 4.74 Å². The number of rotatable bonds is 4. The molecule has 0 atom stereocenters. The molecule has 0 unspecified atom stereocenters. The van der Waals surface area contributed by atoms with E-state index >= 15 is 0 Å². The highest BCUT2D eigenvalue weighted by Gasteiger charge is 2.04. The molecule has 0 spiro atoms. The smallest absolute Gasteiger partial charge is 0.138 e. The van der Waals surface area contributed by atoms with E-state index in [4.69, 9.17) is 10.5 Å². The molecule has 4 heteroatoms. The van der Waals surface area contributed by atoms with E-state index in [0.29, 0.717) is 6.54 Å². The average molecular weight is 279 g/mol. The lowest BCUT2D eigenvalue weighted by atomic mass is 10.1. The Balaban J connectivity index is 1.98. The number of anilines is 2. The molecular weight excluding hydrogens is 262 g/mol. The lowest BCUT2D eigenvalue weighted by molar-refractivity contribution is 0.415. The third-order valence-electron chi connectivity index (χ3n) is 3.43. The van der Waals surface area contributed by atoms with Crippen LogP contribution < -0.4 is 15.8 Å². The molecule has 0 aliphatic carbocycles. The van der Waals surface area contributed by atoms with E-state index in [1.54, 1.807) is 13.3 Å². The summed E-state index contributed by atoms with van der Waals surface area (Å²) >= 11 is 0. The van der Waals surface area contributed by atoms with Crippen LogP contribution in [0.2, 0.25) is 0 Å². The van der Waals surface area contributed by atoms with E-state index in [1.165, 1.54) is 0 Å². The van der Waals surface area contributed by atoms with Crippen molar-refractivity contribution in [1.29, 1.82) is 0 Å². The molecule has 21 heavy (non-hydrogen) atoms. The van der Waals surface area contributed by atoms with Gasteiger partial charge in [-0.15, -0.1) is 0 Å². The van der Waals surface area contributed by atoms with Gasteiger partial charge in [0.05, 0.1) is 7.11 Å². The number of fused-ring (bicyclic) bond motifs is 1. The van der Waals surface area contributed by atoms with Crippen molar-refractivity contribution in [2.24, 2.45) is 5.73 Å². The van der Waals surface area contributed by atoms with Crippen molar-refractivity contribution in [3.8, 4) is 5.75 Å². The first-order valence-electron chi connectivity index (χ1n) is 6.79. The maximum atomic E-state index is 5.61. The summed E-state index contributed by atoms with van der Waals surface area (Å²) in [5.74, 6) is 1.63. The second-order valence-electron chi connectivity index (χ2n) is 4.77. The molecule has 4 nitrogen and oxygen atoms in total. The van der Waals surface area contributed by atoms with Crippen LogP contribution in [0.5, 0.6) is 5.75 Å². The predicted octanol–water partition coefficient (Wildman–Crippen LogP) is 3.45. The Bertz CT molecular complexity index is 754. The predicted molar refractivity (Wildman–Crippen MR) is 85.9 cm³/mol. The highest BCUT2D eigenvalue weighted by molar-refractivity contribution is 5.94. The molecule has 106 valence electrons. The Morgan fingerprint density at radius 3 is 2.62 bits per heavy atom. The maximum absolute atomic E-state index is 5.61. The van der Waals surface area contributed by atoms with Gasteiger partial charge in [0, 0.05) is 23.8 Å². The molecule has 3 rings (SSSR count). The van der Waals surface area contributed by atoms with Gasteiger partial charge in [0.2, 0.25) is 0 Å². The fourth-order valence-corrected chi connectivity index (χ4v) is 2.23. The number of hydrogen-bond acceptors (Lipinski definition) is 4. The first-order valence-corrected chi connectivity index (χ1v) is 6.79. The summed E-state index contributed by atoms with van der Waals surface area (Å²) in [6.45, 7) is 0.546. The molecule has 2 aromatic carbocycles. The summed E-state index contributed by atoms with van der Waals surface area (Å²) < 4.78 is 5.29. The van der Waals surface area contributed by atoms with Crippen molar-refractivity contribution in [1.82, 2.24) is 4.98 Å². The summed E-state index contributed by atoms with van der Waals surface area (Å²) in [7, 11) is 1.66. The average Bonchev–Trinajstić information content (AvgIpc) is 2.55. The quantitative estimate of drug-likeness (QED) is 0.768. The molecule has 0 saturated carbocycles. The minimum Gasteiger partial charge on any atom is -0.497 e. The number of pyridine rings is 1. The standard InChI is InChI=1S/C17H17N3O/c1-21-15-7-4-13-8-9-19-17(16(13)10-15)20-14-5-2-12(11-18)3-6-14/h2-10H,11,18H2,1H3,(H,19,20). The van der Waals surface area contributed by atoms with Crippen LogP contribution in [0.25, 0.3) is 10.8 Å². The SMILES string of the molecule is COc1ccc2ccnc(Nc3ccc(CN)cc3)c2c1. The van der Waals surface area contributed by atoms with E-state index < -0.39 is 0 Å². The van der Waals surface area contributed by atoms with Crippen molar-refractivity contribution in [3.05, 3.63) is 60.3 Å². The highest BCUT2D eigenvalue weighted by Crippen LogP contribution is 2.27. The van der Waals surface area contributed by atoms with E-state index in [-0.39, 0.29) is 0 Å². The molecule has 3 aromatic rings. The van der Waals surface area contributed by atoms with Crippen molar-refractivity contribution in [2.45, 2.75) is 6.54 Å². The van der Waals surface area contributed by atoms with Gasteiger partial charge in [-0.1, -0.05) is 18.2 Å². The normalized spacial score (nSPS) is 10.6. The monoisotopic (exact) mass is 279 g/mol. The molecule has 0 radical (unpaired) electrons. The zero-order valence-electron chi connectivity index (χ0n) is 11.8. The van der Waals surface area contributed by atoms with Crippen LogP contribution in [0, 0.1) is 0 Å². The number of nitrogens with one attached hydrogen (secondary N) is 1. The number of aromatic nitrogens is 1. The van der Waals surface area contributed by atoms with Gasteiger partial charge in [-0.3, -0.25) is 0 Å². The van der Waals surface area contributed by atoms with Gasteiger partial charge >= 0.3 is 0 Å². The Morgan fingerprint density at radius 1 is 1.10 bits per heavy atom. The molecule has 0 fully saturated rings. The van der Waals surface area contributed by atoms with Crippen LogP contribution in [0.4, 0.5) is 11.5 Å². The molecule has 0 amide bonds. The van der Waals surface area contributed by atoms with Gasteiger partial charge in [-0.05, 0) is 41.3 Å². The largest absolute Gasteiger partial charge is 0.497 e. The molecule has 1 aromatic heterocycles. The van der Waals surface area contributed by atoms with Gasteiger partial charge in [-0.2, -0.15) is 0 Å². The molecule has 1 heterocycles. The second-order valence-corrected chi connectivity index (χ2v) is 4.77. The number of nitrogens with zero attached hydrogens (tertiary/aromatic N) is 1. The lowest BCUT2D eigenvalue weighted by Crippen LogP contribution is -1.98. The van der Waals surface area contributed by atoms with Crippen LogP contribution in [0.3, 0.4) is 0 Å². The van der Waals surface area contributed by atoms with E-state index in [9.17, 15) is 0 Å². The van der Waals surface area contributed by atoms with Gasteiger partial charge < -0.3 is 15.8 Å². The first-order chi connectivity index (χ1) is 10.3. The van der Waals surface area contributed by atoms with Crippen molar-refractivity contribution in [2.75, 3.05) is 12.4 Å². The van der Waals surface area contributed by atoms with Crippen LogP contribution >= 0.6 is 0 Å². The summed E-state index contributed by atoms with van der Waals surface area (Å²) in [4.78, 5) is 4.43. The summed E-state index contributed by atoms with van der Waals surface area (Å²) in [5.41, 5.74) is 7.70. The topological polar surface area (TPSA) is 60.2 Å². The molecule has 0 saturated heterocycles. The first kappa shape index (κ1) is 13.4. The lowest BCUT2D eigenvalue weighted by Gasteiger charge is -2.10. The highest BCUT2D eigenvalue weighted by atomic mass is 16.5. The van der Waals surface area contributed by atoms with Crippen LogP contribution in [-0.4, -0.2) is 12.1 Å². The van der Waals surface area contributed by atoms with Crippen LogP contribution in [0.1, 0.15) is 5.56 Å². The van der Waals surface area contributed by atoms with Gasteiger partial charge in [0.25, 0.3) is 0 Å². The fraction of sp³-hybridized carbons (Fsp3) is 0.118. The Labute approximate surface area is 123 Å². The van der Waals surface area contributed by atoms with Gasteiger partial charge in [-0.25, -0.2) is 4.98 Å². The fourth-order valence-electron chi connectivity index (χ4n) is 2.23. The number of nitrogens with two attached hydrogens (primary N) is 1. The molecule has 3 N–H and O–H groups in total. The zero-order chi connectivity index (χ0) is 14.7. The third kappa shape index (κ3) is 2.80. The van der Waals surface area contributed by atoms with E-state index in [1.807, 2.05) is 48.5 Å².